The number of nitrogens with zero attached hydrogens (tertiary/aromatic N) is 2. The number of nitrogens with one attached hydrogen (secondary N) is 1. The van der Waals surface area contributed by atoms with Crippen molar-refractivity contribution in [1.82, 2.24) is 10.2 Å². The Kier molecular flexibility index (Phi) is 9.69. The molecule has 0 aromatic heterocycles. The van der Waals surface area contributed by atoms with Gasteiger partial charge in [-0.3, -0.25) is 13.9 Å². The lowest BCUT2D eigenvalue weighted by Crippen LogP contribution is -2.51. The third kappa shape index (κ3) is 7.44. The lowest BCUT2D eigenvalue weighted by atomic mass is 10.1. The highest BCUT2D eigenvalue weighted by Gasteiger charge is 2.32. The van der Waals surface area contributed by atoms with Gasteiger partial charge in [0.05, 0.1) is 10.6 Å². The van der Waals surface area contributed by atoms with Crippen molar-refractivity contribution in [2.24, 2.45) is 5.92 Å². The number of anilines is 1. The number of sulfonamides is 1. The number of amides is 2. The molecule has 3 aromatic rings. The highest BCUT2D eigenvalue weighted by molar-refractivity contribution is 7.92. The van der Waals surface area contributed by atoms with Crippen LogP contribution in [0.5, 0.6) is 0 Å². The molecule has 0 saturated heterocycles. The summed E-state index contributed by atoms with van der Waals surface area (Å²) in [5.41, 5.74) is 3.11. The van der Waals surface area contributed by atoms with Gasteiger partial charge in [-0.05, 0) is 56.5 Å². The molecule has 0 saturated carbocycles. The molecule has 7 nitrogen and oxygen atoms in total. The molecule has 38 heavy (non-hydrogen) atoms. The first-order chi connectivity index (χ1) is 18.0. The van der Waals surface area contributed by atoms with Crippen molar-refractivity contribution in [2.45, 2.75) is 52.1 Å². The summed E-state index contributed by atoms with van der Waals surface area (Å²) >= 11 is 0. The van der Waals surface area contributed by atoms with E-state index in [4.69, 9.17) is 0 Å². The van der Waals surface area contributed by atoms with Crippen LogP contribution in [-0.2, 0) is 26.2 Å². The third-order valence-corrected chi connectivity index (χ3v) is 8.05. The molecule has 3 aromatic carbocycles. The van der Waals surface area contributed by atoms with Gasteiger partial charge in [0.2, 0.25) is 11.8 Å². The quantitative estimate of drug-likeness (QED) is 0.386. The zero-order valence-corrected chi connectivity index (χ0v) is 23.5. The molecule has 3 rings (SSSR count). The van der Waals surface area contributed by atoms with Crippen molar-refractivity contribution >= 4 is 27.5 Å². The van der Waals surface area contributed by atoms with Gasteiger partial charge in [-0.1, -0.05) is 79.6 Å². The number of carbonyl (C=O) groups is 2. The van der Waals surface area contributed by atoms with Gasteiger partial charge in [-0.25, -0.2) is 8.42 Å². The maximum atomic E-state index is 13.9. The Morgan fingerprint density at radius 2 is 1.37 bits per heavy atom. The Bertz CT molecular complexity index is 1320. The first-order valence-corrected chi connectivity index (χ1v) is 14.2. The van der Waals surface area contributed by atoms with Crippen molar-refractivity contribution in [1.29, 1.82) is 0 Å². The molecule has 0 aliphatic rings. The van der Waals surface area contributed by atoms with Crippen molar-refractivity contribution in [3.05, 3.63) is 95.6 Å². The Balaban J connectivity index is 1.99. The van der Waals surface area contributed by atoms with Gasteiger partial charge < -0.3 is 10.2 Å². The molecule has 1 N–H and O–H groups in total. The van der Waals surface area contributed by atoms with E-state index in [1.165, 1.54) is 4.90 Å². The van der Waals surface area contributed by atoms with Gasteiger partial charge >= 0.3 is 0 Å². The molecule has 1 atom stereocenters. The first-order valence-electron chi connectivity index (χ1n) is 12.8. The summed E-state index contributed by atoms with van der Waals surface area (Å²) < 4.78 is 28.7. The predicted molar refractivity (Wildman–Crippen MR) is 151 cm³/mol. The Labute approximate surface area is 226 Å². The number of benzene rings is 3. The zero-order valence-electron chi connectivity index (χ0n) is 22.7. The van der Waals surface area contributed by atoms with E-state index in [1.54, 1.807) is 55.5 Å². The molecule has 0 unspecified atom stereocenters. The summed E-state index contributed by atoms with van der Waals surface area (Å²) in [6.45, 7) is 9.64. The van der Waals surface area contributed by atoms with Crippen LogP contribution in [-0.4, -0.2) is 44.3 Å². The zero-order chi connectivity index (χ0) is 27.9. The Morgan fingerprint density at radius 3 is 1.92 bits per heavy atom. The van der Waals surface area contributed by atoms with Gasteiger partial charge in [-0.15, -0.1) is 0 Å². The average Bonchev–Trinajstić information content (AvgIpc) is 2.89. The van der Waals surface area contributed by atoms with Crippen molar-refractivity contribution in [2.75, 3.05) is 17.4 Å². The standard InChI is InChI=1S/C30H37N3O4S/c1-22(2)19-31-30(35)25(5)32(20-26-9-7-6-8-10-26)29(34)21-33(27-15-11-23(3)12-16-27)38(36,37)28-17-13-24(4)14-18-28/h6-18,22,25H,19-21H2,1-5H3,(H,31,35)/t25-/m0/s1. The number of rotatable bonds is 11. The van der Waals surface area contributed by atoms with Gasteiger partial charge in [0.15, 0.2) is 0 Å². The normalized spacial score (nSPS) is 12.2. The lowest BCUT2D eigenvalue weighted by Gasteiger charge is -2.32. The second-order valence-electron chi connectivity index (χ2n) is 9.98. The highest BCUT2D eigenvalue weighted by atomic mass is 32.2. The van der Waals surface area contributed by atoms with Crippen LogP contribution in [0.2, 0.25) is 0 Å². The largest absolute Gasteiger partial charge is 0.354 e. The summed E-state index contributed by atoms with van der Waals surface area (Å²) in [5.74, 6) is -0.510. The van der Waals surface area contributed by atoms with Gasteiger partial charge in [-0.2, -0.15) is 0 Å². The molecule has 202 valence electrons. The maximum absolute atomic E-state index is 13.9. The summed E-state index contributed by atoms with van der Waals surface area (Å²) in [4.78, 5) is 28.4. The van der Waals surface area contributed by atoms with E-state index in [1.807, 2.05) is 58.0 Å². The smallest absolute Gasteiger partial charge is 0.264 e. The second kappa shape index (κ2) is 12.7. The van der Waals surface area contributed by atoms with Crippen LogP contribution < -0.4 is 9.62 Å². The summed E-state index contributed by atoms with van der Waals surface area (Å²) in [7, 11) is -4.07. The monoisotopic (exact) mass is 535 g/mol. The van der Waals surface area contributed by atoms with Crippen LogP contribution >= 0.6 is 0 Å². The van der Waals surface area contributed by atoms with E-state index in [-0.39, 0.29) is 23.3 Å². The lowest BCUT2D eigenvalue weighted by molar-refractivity contribution is -0.139. The molecule has 0 heterocycles. The molecule has 0 radical (unpaired) electrons. The van der Waals surface area contributed by atoms with E-state index in [2.05, 4.69) is 5.32 Å². The minimum atomic E-state index is -4.07. The van der Waals surface area contributed by atoms with Crippen LogP contribution in [0.25, 0.3) is 0 Å². The molecule has 0 fully saturated rings. The topological polar surface area (TPSA) is 86.8 Å². The molecule has 0 aliphatic heterocycles. The highest BCUT2D eigenvalue weighted by Crippen LogP contribution is 2.25. The molecule has 8 heteroatoms. The summed E-state index contributed by atoms with van der Waals surface area (Å²) in [5, 5.41) is 2.89. The molecule has 2 amide bonds. The average molecular weight is 536 g/mol. The summed E-state index contributed by atoms with van der Waals surface area (Å²) in [6, 6.07) is 22.1. The number of aryl methyl sites for hydroxylation is 2. The fourth-order valence-electron chi connectivity index (χ4n) is 3.89. The minimum Gasteiger partial charge on any atom is -0.354 e. The van der Waals surface area contributed by atoms with Crippen LogP contribution in [0.1, 0.15) is 37.5 Å². The van der Waals surface area contributed by atoms with Crippen molar-refractivity contribution in [3.8, 4) is 0 Å². The SMILES string of the molecule is Cc1ccc(N(CC(=O)N(Cc2ccccc2)[C@@H](C)C(=O)NCC(C)C)S(=O)(=O)c2ccc(C)cc2)cc1. The third-order valence-electron chi connectivity index (χ3n) is 6.26. The van der Waals surface area contributed by atoms with Gasteiger partial charge in [0.25, 0.3) is 10.0 Å². The second-order valence-corrected chi connectivity index (χ2v) is 11.8. The Hall–Kier alpha value is -3.65. The fraction of sp³-hybridized carbons (Fsp3) is 0.333. The van der Waals surface area contributed by atoms with Gasteiger partial charge in [0, 0.05) is 13.1 Å². The van der Waals surface area contributed by atoms with Crippen LogP contribution in [0.4, 0.5) is 5.69 Å². The summed E-state index contributed by atoms with van der Waals surface area (Å²) in [6.07, 6.45) is 0. The van der Waals surface area contributed by atoms with Crippen molar-refractivity contribution < 1.29 is 18.0 Å². The Morgan fingerprint density at radius 1 is 0.816 bits per heavy atom. The first kappa shape index (κ1) is 28.9. The molecule has 0 aliphatic carbocycles. The van der Waals surface area contributed by atoms with Crippen LogP contribution in [0.15, 0.2) is 83.8 Å². The predicted octanol–water partition coefficient (Wildman–Crippen LogP) is 4.69. The van der Waals surface area contributed by atoms with E-state index < -0.39 is 28.5 Å². The van der Waals surface area contributed by atoms with Gasteiger partial charge in [0.1, 0.15) is 12.6 Å². The molecule has 0 spiro atoms. The number of hydrogen-bond donors (Lipinski definition) is 1. The van der Waals surface area contributed by atoms with Crippen LogP contribution in [0, 0.1) is 19.8 Å². The number of carbonyl (C=O) groups excluding carboxylic acids is 2. The van der Waals surface area contributed by atoms with E-state index in [9.17, 15) is 18.0 Å². The maximum Gasteiger partial charge on any atom is 0.264 e. The number of hydrogen-bond acceptors (Lipinski definition) is 4. The molecule has 0 bridgehead atoms. The molecular weight excluding hydrogens is 498 g/mol. The molecular formula is C30H37N3O4S. The van der Waals surface area contributed by atoms with Crippen LogP contribution in [0.3, 0.4) is 0 Å². The fourth-order valence-corrected chi connectivity index (χ4v) is 5.31. The van der Waals surface area contributed by atoms with E-state index in [0.29, 0.717) is 12.2 Å². The van der Waals surface area contributed by atoms with Crippen molar-refractivity contribution in [3.63, 3.8) is 0 Å². The van der Waals surface area contributed by atoms with E-state index >= 15 is 0 Å². The minimum absolute atomic E-state index is 0.0915. The van der Waals surface area contributed by atoms with E-state index in [0.717, 1.165) is 21.0 Å².